The van der Waals surface area contributed by atoms with Crippen LogP contribution in [-0.2, 0) is 9.59 Å². The molecule has 0 aromatic carbocycles. The molecule has 18 heavy (non-hydrogen) atoms. The van der Waals surface area contributed by atoms with Crippen molar-refractivity contribution in [3.05, 3.63) is 0 Å². The number of carboxylic acid groups (broad SMARTS) is 1. The number of carboxylic acids is 1. The Kier molecular flexibility index (Phi) is 3.90. The first-order valence-electron chi connectivity index (χ1n) is 6.87. The first kappa shape index (κ1) is 13.3. The quantitative estimate of drug-likeness (QED) is 0.713. The summed E-state index contributed by atoms with van der Waals surface area (Å²) in [5.41, 5.74) is -1.08. The van der Waals surface area contributed by atoms with E-state index in [1.807, 2.05) is 11.8 Å². The van der Waals surface area contributed by atoms with E-state index < -0.39 is 11.4 Å². The Bertz CT molecular complexity index is 333. The molecule has 2 aliphatic rings. The van der Waals surface area contributed by atoms with Gasteiger partial charge in [-0.2, -0.15) is 0 Å². The van der Waals surface area contributed by atoms with Gasteiger partial charge in [-0.15, -0.1) is 0 Å². The fraction of sp³-hybridized carbons (Fsp3) is 0.846. The second kappa shape index (κ2) is 5.26. The Morgan fingerprint density at radius 3 is 2.39 bits per heavy atom. The van der Waals surface area contributed by atoms with E-state index in [-0.39, 0.29) is 11.9 Å². The van der Waals surface area contributed by atoms with Crippen molar-refractivity contribution >= 4 is 11.9 Å². The molecule has 5 heteroatoms. The maximum Gasteiger partial charge on any atom is 0.319 e. The maximum atomic E-state index is 12.5. The lowest BCUT2D eigenvalue weighted by atomic mass is 9.99. The highest BCUT2D eigenvalue weighted by Gasteiger charge is 2.59. The standard InChI is InChI=1S/C13H22N2O3/c1-2-9-15(10-3-7-14-8-4-10)11(16)13(5-6-13)12(17)18/h10,14H,2-9H2,1H3,(H,17,18). The Labute approximate surface area is 108 Å². The highest BCUT2D eigenvalue weighted by Crippen LogP contribution is 2.48. The van der Waals surface area contributed by atoms with E-state index in [2.05, 4.69) is 5.32 Å². The molecule has 5 nitrogen and oxygen atoms in total. The normalized spacial score (nSPS) is 22.5. The summed E-state index contributed by atoms with van der Waals surface area (Å²) in [5, 5.41) is 12.5. The van der Waals surface area contributed by atoms with Gasteiger partial charge in [0.25, 0.3) is 0 Å². The van der Waals surface area contributed by atoms with E-state index in [1.165, 1.54) is 0 Å². The van der Waals surface area contributed by atoms with E-state index in [0.29, 0.717) is 19.4 Å². The molecule has 1 heterocycles. The number of carbonyl (C=O) groups excluding carboxylic acids is 1. The third kappa shape index (κ3) is 2.36. The molecule has 1 aliphatic heterocycles. The lowest BCUT2D eigenvalue weighted by Gasteiger charge is -2.36. The van der Waals surface area contributed by atoms with Crippen LogP contribution in [0, 0.1) is 5.41 Å². The van der Waals surface area contributed by atoms with Gasteiger partial charge in [0.1, 0.15) is 5.41 Å². The Morgan fingerprint density at radius 2 is 1.94 bits per heavy atom. The molecular weight excluding hydrogens is 232 g/mol. The largest absolute Gasteiger partial charge is 0.480 e. The Hall–Kier alpha value is -1.10. The fourth-order valence-corrected chi connectivity index (χ4v) is 2.73. The van der Waals surface area contributed by atoms with Gasteiger partial charge in [0, 0.05) is 12.6 Å². The molecule has 0 radical (unpaired) electrons. The van der Waals surface area contributed by atoms with Crippen LogP contribution < -0.4 is 5.32 Å². The minimum Gasteiger partial charge on any atom is -0.480 e. The van der Waals surface area contributed by atoms with Gasteiger partial charge in [-0.3, -0.25) is 9.59 Å². The Balaban J connectivity index is 2.09. The molecule has 1 saturated heterocycles. The summed E-state index contributed by atoms with van der Waals surface area (Å²) in [6, 6.07) is 0.218. The molecule has 0 spiro atoms. The van der Waals surface area contributed by atoms with Crippen LogP contribution in [0.3, 0.4) is 0 Å². The minimum absolute atomic E-state index is 0.149. The molecular formula is C13H22N2O3. The first-order valence-corrected chi connectivity index (χ1v) is 6.87. The summed E-state index contributed by atoms with van der Waals surface area (Å²) in [4.78, 5) is 25.6. The van der Waals surface area contributed by atoms with Gasteiger partial charge in [0.05, 0.1) is 0 Å². The highest BCUT2D eigenvalue weighted by molar-refractivity contribution is 6.04. The molecule has 1 aliphatic carbocycles. The third-order valence-corrected chi connectivity index (χ3v) is 4.04. The number of hydrogen-bond acceptors (Lipinski definition) is 3. The van der Waals surface area contributed by atoms with Gasteiger partial charge < -0.3 is 15.3 Å². The molecule has 0 aromatic heterocycles. The molecule has 2 fully saturated rings. The lowest BCUT2D eigenvalue weighted by molar-refractivity contribution is -0.154. The number of nitrogens with one attached hydrogen (secondary N) is 1. The predicted molar refractivity (Wildman–Crippen MR) is 67.2 cm³/mol. The molecule has 0 unspecified atom stereocenters. The molecule has 2 N–H and O–H groups in total. The maximum absolute atomic E-state index is 12.5. The molecule has 0 aromatic rings. The average Bonchev–Trinajstić information content (AvgIpc) is 3.17. The number of piperidine rings is 1. The van der Waals surface area contributed by atoms with Crippen LogP contribution in [0.15, 0.2) is 0 Å². The number of rotatable bonds is 5. The summed E-state index contributed by atoms with van der Waals surface area (Å²) in [6.45, 7) is 4.54. The van der Waals surface area contributed by atoms with Gasteiger partial charge in [-0.1, -0.05) is 6.92 Å². The zero-order valence-corrected chi connectivity index (χ0v) is 10.9. The monoisotopic (exact) mass is 254 g/mol. The van der Waals surface area contributed by atoms with Crippen LogP contribution in [0.1, 0.15) is 39.0 Å². The van der Waals surface area contributed by atoms with Crippen molar-refractivity contribution in [2.75, 3.05) is 19.6 Å². The van der Waals surface area contributed by atoms with E-state index in [9.17, 15) is 14.7 Å². The number of aliphatic carboxylic acids is 1. The van der Waals surface area contributed by atoms with E-state index in [4.69, 9.17) is 0 Å². The topological polar surface area (TPSA) is 69.6 Å². The van der Waals surface area contributed by atoms with Crippen molar-refractivity contribution in [2.45, 2.75) is 45.1 Å². The van der Waals surface area contributed by atoms with Crippen molar-refractivity contribution in [1.29, 1.82) is 0 Å². The SMILES string of the molecule is CCCN(C(=O)C1(C(=O)O)CC1)C1CCNCC1. The van der Waals surface area contributed by atoms with Crippen LogP contribution in [0.25, 0.3) is 0 Å². The molecule has 0 atom stereocenters. The molecule has 1 amide bonds. The zero-order chi connectivity index (χ0) is 13.2. The van der Waals surface area contributed by atoms with Crippen molar-refractivity contribution in [3.63, 3.8) is 0 Å². The first-order chi connectivity index (χ1) is 8.62. The van der Waals surface area contributed by atoms with Crippen LogP contribution in [0.2, 0.25) is 0 Å². The van der Waals surface area contributed by atoms with Crippen molar-refractivity contribution in [2.24, 2.45) is 5.41 Å². The number of amides is 1. The third-order valence-electron chi connectivity index (χ3n) is 4.04. The van der Waals surface area contributed by atoms with E-state index >= 15 is 0 Å². The highest BCUT2D eigenvalue weighted by atomic mass is 16.4. The van der Waals surface area contributed by atoms with Gasteiger partial charge in [-0.25, -0.2) is 0 Å². The number of carbonyl (C=O) groups is 2. The summed E-state index contributed by atoms with van der Waals surface area (Å²) in [7, 11) is 0. The summed E-state index contributed by atoms with van der Waals surface area (Å²) in [6.07, 6.45) is 3.76. The van der Waals surface area contributed by atoms with Gasteiger partial charge >= 0.3 is 5.97 Å². The Morgan fingerprint density at radius 1 is 1.33 bits per heavy atom. The van der Waals surface area contributed by atoms with Crippen LogP contribution in [0.4, 0.5) is 0 Å². The van der Waals surface area contributed by atoms with Gasteiger partial charge in [0.2, 0.25) is 5.91 Å². The van der Waals surface area contributed by atoms with Gasteiger partial charge in [-0.05, 0) is 45.2 Å². The lowest BCUT2D eigenvalue weighted by Crippen LogP contribution is -2.50. The molecule has 0 bridgehead atoms. The number of hydrogen-bond donors (Lipinski definition) is 2. The average molecular weight is 254 g/mol. The van der Waals surface area contributed by atoms with E-state index in [0.717, 1.165) is 32.4 Å². The fourth-order valence-electron chi connectivity index (χ4n) is 2.73. The molecule has 102 valence electrons. The van der Waals surface area contributed by atoms with Crippen molar-refractivity contribution in [1.82, 2.24) is 10.2 Å². The zero-order valence-electron chi connectivity index (χ0n) is 10.9. The van der Waals surface area contributed by atoms with Crippen LogP contribution in [0.5, 0.6) is 0 Å². The minimum atomic E-state index is -1.08. The second-order valence-electron chi connectivity index (χ2n) is 5.37. The van der Waals surface area contributed by atoms with Crippen LogP contribution in [-0.4, -0.2) is 47.6 Å². The summed E-state index contributed by atoms with van der Waals surface area (Å²) < 4.78 is 0. The second-order valence-corrected chi connectivity index (χ2v) is 5.37. The predicted octanol–water partition coefficient (Wildman–Crippen LogP) is 0.842. The van der Waals surface area contributed by atoms with Crippen LogP contribution >= 0.6 is 0 Å². The summed E-state index contributed by atoms with van der Waals surface area (Å²) in [5.74, 6) is -1.09. The van der Waals surface area contributed by atoms with Crippen molar-refractivity contribution in [3.8, 4) is 0 Å². The number of nitrogens with zero attached hydrogens (tertiary/aromatic N) is 1. The smallest absolute Gasteiger partial charge is 0.319 e. The van der Waals surface area contributed by atoms with Crippen molar-refractivity contribution < 1.29 is 14.7 Å². The summed E-state index contributed by atoms with van der Waals surface area (Å²) >= 11 is 0. The molecule has 2 rings (SSSR count). The van der Waals surface area contributed by atoms with Gasteiger partial charge in [0.15, 0.2) is 0 Å². The van der Waals surface area contributed by atoms with E-state index in [1.54, 1.807) is 0 Å². The molecule has 1 saturated carbocycles.